The number of allylic oxidation sites excluding steroid dienone is 3. The molecule has 2 N–H and O–H groups in total. The van der Waals surface area contributed by atoms with Gasteiger partial charge in [-0.15, -0.1) is 0 Å². The number of nitrogens with zero attached hydrogens (tertiary/aromatic N) is 3. The Morgan fingerprint density at radius 1 is 1.24 bits per heavy atom. The number of benzene rings is 1. The van der Waals surface area contributed by atoms with Gasteiger partial charge in [-0.25, -0.2) is 4.39 Å². The van der Waals surface area contributed by atoms with E-state index in [0.29, 0.717) is 22.1 Å². The number of anilines is 1. The van der Waals surface area contributed by atoms with Crippen LogP contribution in [0.15, 0.2) is 51.6 Å². The van der Waals surface area contributed by atoms with Crippen LogP contribution in [-0.2, 0) is 0 Å². The molecule has 0 aliphatic carbocycles. The van der Waals surface area contributed by atoms with Crippen LogP contribution in [0.5, 0.6) is 0 Å². The minimum absolute atomic E-state index is 0.365. The monoisotopic (exact) mass is 422 g/mol. The van der Waals surface area contributed by atoms with Gasteiger partial charge in [0.05, 0.1) is 11.4 Å². The molecule has 0 aromatic heterocycles. The predicted molar refractivity (Wildman–Crippen MR) is 127 cm³/mol. The summed E-state index contributed by atoms with van der Waals surface area (Å²) in [4.78, 5) is 7.85. The van der Waals surface area contributed by atoms with Crippen LogP contribution in [0.4, 0.5) is 10.1 Å². The van der Waals surface area contributed by atoms with Crippen molar-refractivity contribution in [2.45, 2.75) is 48.0 Å². The third-order valence-corrected chi connectivity index (χ3v) is 4.63. The molecule has 0 atom stereocenters. The molecule has 0 heterocycles. The summed E-state index contributed by atoms with van der Waals surface area (Å²) in [5, 5.41) is 0.379. The van der Waals surface area contributed by atoms with Gasteiger partial charge < -0.3 is 15.5 Å². The van der Waals surface area contributed by atoms with E-state index in [-0.39, 0.29) is 5.82 Å². The molecule has 1 aromatic carbocycles. The number of hydrogen-bond acceptors (Lipinski definition) is 4. The van der Waals surface area contributed by atoms with Crippen LogP contribution in [0.1, 0.15) is 46.6 Å². The molecule has 0 saturated heterocycles. The van der Waals surface area contributed by atoms with Crippen molar-refractivity contribution < 1.29 is 4.39 Å². The Labute approximate surface area is 181 Å². The van der Waals surface area contributed by atoms with E-state index in [2.05, 4.69) is 18.6 Å². The van der Waals surface area contributed by atoms with Gasteiger partial charge in [-0.3, -0.25) is 4.99 Å². The summed E-state index contributed by atoms with van der Waals surface area (Å²) in [6.45, 7) is 15.4. The van der Waals surface area contributed by atoms with Crippen molar-refractivity contribution in [1.82, 2.24) is 4.90 Å². The molecule has 29 heavy (non-hydrogen) atoms. The van der Waals surface area contributed by atoms with E-state index < -0.39 is 0 Å². The first kappa shape index (κ1) is 26.7. The number of aliphatic imine (C=N–C) groups is 1. The lowest BCUT2D eigenvalue weighted by Crippen LogP contribution is -2.22. The normalized spacial score (nSPS) is 13.0. The van der Waals surface area contributed by atoms with Gasteiger partial charge in [0.2, 0.25) is 0 Å². The smallest absolute Gasteiger partial charge is 0.148 e. The van der Waals surface area contributed by atoms with E-state index in [4.69, 9.17) is 17.3 Å². The van der Waals surface area contributed by atoms with Gasteiger partial charge in [0.25, 0.3) is 0 Å². The summed E-state index contributed by atoms with van der Waals surface area (Å²) < 4.78 is 14.7. The van der Waals surface area contributed by atoms with Crippen LogP contribution in [-0.4, -0.2) is 32.8 Å². The third kappa shape index (κ3) is 6.93. The van der Waals surface area contributed by atoms with Gasteiger partial charge in [-0.05, 0) is 63.3 Å². The molecule has 0 aliphatic rings. The van der Waals surface area contributed by atoms with Crippen molar-refractivity contribution in [3.8, 4) is 0 Å². The fraction of sp³-hybridized carbons (Fsp3) is 0.435. The molecular weight excluding hydrogens is 387 g/mol. The van der Waals surface area contributed by atoms with Gasteiger partial charge in [0.1, 0.15) is 11.5 Å². The second-order valence-electron chi connectivity index (χ2n) is 6.74. The molecule has 0 aliphatic heterocycles. The summed E-state index contributed by atoms with van der Waals surface area (Å²) in [6, 6.07) is 3.09. The highest BCUT2D eigenvalue weighted by Crippen LogP contribution is 2.32. The van der Waals surface area contributed by atoms with Gasteiger partial charge >= 0.3 is 0 Å². The lowest BCUT2D eigenvalue weighted by atomic mass is 10.1. The molecule has 1 rings (SSSR count). The molecular formula is C23H36ClFN4. The highest BCUT2D eigenvalue weighted by atomic mass is 35.5. The second kappa shape index (κ2) is 12.3. The number of aryl methyl sites for hydroxylation is 1. The minimum atomic E-state index is -0.365. The molecule has 1 aromatic rings. The number of hydrogen-bond donors (Lipinski definition) is 1. The first-order valence-electron chi connectivity index (χ1n) is 9.76. The largest absolute Gasteiger partial charge is 0.400 e. The van der Waals surface area contributed by atoms with E-state index in [1.165, 1.54) is 6.07 Å². The van der Waals surface area contributed by atoms with E-state index in [1.807, 2.05) is 64.7 Å². The molecule has 0 amide bonds. The molecule has 162 valence electrons. The Kier molecular flexibility index (Phi) is 11.4. The maximum atomic E-state index is 14.7. The van der Waals surface area contributed by atoms with Gasteiger partial charge in [-0.1, -0.05) is 32.4 Å². The summed E-state index contributed by atoms with van der Waals surface area (Å²) in [5.41, 5.74) is 11.2. The quantitative estimate of drug-likeness (QED) is 0.416. The van der Waals surface area contributed by atoms with Crippen LogP contribution < -0.4 is 10.6 Å². The number of likely N-dealkylation sites (N-methyl/N-ethyl adjacent to an activating group) is 2. The molecule has 0 unspecified atom stereocenters. The molecule has 0 radical (unpaired) electrons. The van der Waals surface area contributed by atoms with Gasteiger partial charge in [0.15, 0.2) is 0 Å². The maximum Gasteiger partial charge on any atom is 0.148 e. The van der Waals surface area contributed by atoms with Crippen LogP contribution in [0.25, 0.3) is 0 Å². The Morgan fingerprint density at radius 2 is 1.79 bits per heavy atom. The third-order valence-electron chi connectivity index (χ3n) is 4.41. The summed E-state index contributed by atoms with van der Waals surface area (Å²) in [6.07, 6.45) is 2.78. The molecule has 4 nitrogen and oxygen atoms in total. The van der Waals surface area contributed by atoms with Crippen molar-refractivity contribution >= 4 is 24.0 Å². The van der Waals surface area contributed by atoms with Crippen molar-refractivity contribution in [3.63, 3.8) is 0 Å². The Bertz CT molecular complexity index is 780. The predicted octanol–water partition coefficient (Wildman–Crippen LogP) is 6.27. The van der Waals surface area contributed by atoms with Crippen molar-refractivity contribution in [2.24, 2.45) is 10.7 Å². The summed E-state index contributed by atoms with van der Waals surface area (Å²) in [5.74, 6) is -0.365. The van der Waals surface area contributed by atoms with E-state index in [0.717, 1.165) is 29.0 Å². The number of nitrogens with two attached hydrogens (primary N) is 1. The lowest BCUT2D eigenvalue weighted by molar-refractivity contribution is 0.518. The second-order valence-corrected chi connectivity index (χ2v) is 7.18. The lowest BCUT2D eigenvalue weighted by Gasteiger charge is -2.28. The Hall–Kier alpha value is -2.27. The average molecular weight is 423 g/mol. The maximum absolute atomic E-state index is 14.7. The fourth-order valence-electron chi connectivity index (χ4n) is 2.87. The average Bonchev–Trinajstić information content (AvgIpc) is 2.64. The molecule has 0 fully saturated rings. The molecule has 0 bridgehead atoms. The van der Waals surface area contributed by atoms with Crippen molar-refractivity contribution in [1.29, 1.82) is 0 Å². The zero-order valence-electron chi connectivity index (χ0n) is 19.3. The SMILES string of the molecule is C=NC(=C(/C)N)/C(=C\C(=C(/C)CC)N(C)c1c(C)cc(Cl)cc1F)N(C)C.CC. The summed E-state index contributed by atoms with van der Waals surface area (Å²) >= 11 is 5.99. The van der Waals surface area contributed by atoms with Crippen LogP contribution in [0.2, 0.25) is 5.02 Å². The highest BCUT2D eigenvalue weighted by molar-refractivity contribution is 6.30. The number of rotatable bonds is 7. The summed E-state index contributed by atoms with van der Waals surface area (Å²) in [7, 11) is 5.66. The zero-order chi connectivity index (χ0) is 22.9. The van der Waals surface area contributed by atoms with E-state index in [1.54, 1.807) is 13.0 Å². The first-order chi connectivity index (χ1) is 13.5. The number of halogens is 2. The Morgan fingerprint density at radius 3 is 2.17 bits per heavy atom. The Balaban J connectivity index is 0.00000379. The van der Waals surface area contributed by atoms with Crippen molar-refractivity contribution in [3.05, 3.63) is 63.0 Å². The van der Waals surface area contributed by atoms with E-state index in [9.17, 15) is 4.39 Å². The van der Waals surface area contributed by atoms with Crippen LogP contribution in [0.3, 0.4) is 0 Å². The molecule has 6 heteroatoms. The van der Waals surface area contributed by atoms with Crippen LogP contribution >= 0.6 is 11.6 Å². The fourth-order valence-corrected chi connectivity index (χ4v) is 3.13. The zero-order valence-corrected chi connectivity index (χ0v) is 20.1. The first-order valence-corrected chi connectivity index (χ1v) is 10.1. The van der Waals surface area contributed by atoms with Gasteiger partial charge in [0, 0.05) is 37.6 Å². The minimum Gasteiger partial charge on any atom is -0.400 e. The molecule has 0 saturated carbocycles. The van der Waals surface area contributed by atoms with E-state index >= 15 is 0 Å². The van der Waals surface area contributed by atoms with Crippen LogP contribution in [0, 0.1) is 12.7 Å². The molecule has 0 spiro atoms. The highest BCUT2D eigenvalue weighted by Gasteiger charge is 2.18. The van der Waals surface area contributed by atoms with Gasteiger partial charge in [-0.2, -0.15) is 0 Å². The topological polar surface area (TPSA) is 44.9 Å². The standard InChI is InChI=1S/C21H30ClFN4.C2H6/c1-9-13(2)18(12-19(26(6)7)20(25-5)15(4)24)27(8)21-14(3)10-16(22)11-17(21)23;1-2/h10-12H,5,9,24H2,1-4,6-8H3;1-2H3/b18-13-,19-12+,20-15-;. The van der Waals surface area contributed by atoms with Crippen molar-refractivity contribution in [2.75, 3.05) is 26.0 Å².